The van der Waals surface area contributed by atoms with Gasteiger partial charge in [-0.2, -0.15) is 0 Å². The molecule has 0 aliphatic carbocycles. The van der Waals surface area contributed by atoms with E-state index in [-0.39, 0.29) is 36.1 Å². The molecule has 1 amide bonds. The fraction of sp³-hybridized carbons (Fsp3) is 0.733. The number of thiazole rings is 1. The third-order valence-electron chi connectivity index (χ3n) is 3.63. The lowest BCUT2D eigenvalue weighted by atomic mass is 9.91. The second-order valence-electron chi connectivity index (χ2n) is 6.48. The third-order valence-corrected chi connectivity index (χ3v) is 4.46. The zero-order chi connectivity index (χ0) is 15.3. The van der Waals surface area contributed by atoms with Crippen LogP contribution in [0.25, 0.3) is 0 Å². The molecule has 0 saturated carbocycles. The lowest BCUT2D eigenvalue weighted by Gasteiger charge is -2.27. The summed E-state index contributed by atoms with van der Waals surface area (Å²) in [5.74, 6) is 0.0164. The van der Waals surface area contributed by atoms with E-state index in [9.17, 15) is 4.79 Å². The predicted octanol–water partition coefficient (Wildman–Crippen LogP) is 2.31. The maximum atomic E-state index is 12.3. The van der Waals surface area contributed by atoms with Crippen LogP contribution >= 0.6 is 36.2 Å². The second kappa shape index (κ2) is 10.5. The molecule has 8 heteroatoms. The summed E-state index contributed by atoms with van der Waals surface area (Å²) in [5.41, 5.74) is 2.57. The summed E-state index contributed by atoms with van der Waals surface area (Å²) in [6.45, 7) is 12.4. The smallest absolute Gasteiger partial charge is 0.263 e. The van der Waals surface area contributed by atoms with Crippen molar-refractivity contribution in [1.29, 1.82) is 0 Å². The van der Waals surface area contributed by atoms with Crippen LogP contribution in [-0.2, 0) is 5.41 Å². The monoisotopic (exact) mass is 382 g/mol. The van der Waals surface area contributed by atoms with Crippen molar-refractivity contribution in [3.05, 3.63) is 16.1 Å². The summed E-state index contributed by atoms with van der Waals surface area (Å²) >= 11 is 1.43. The number of amides is 1. The maximum absolute atomic E-state index is 12.3. The van der Waals surface area contributed by atoms with Gasteiger partial charge in [0.1, 0.15) is 4.88 Å². The molecule has 0 unspecified atom stereocenters. The van der Waals surface area contributed by atoms with Crippen molar-refractivity contribution in [2.24, 2.45) is 0 Å². The Morgan fingerprint density at radius 1 is 1.35 bits per heavy atom. The number of carbonyl (C=O) groups is 1. The fourth-order valence-corrected chi connectivity index (χ4v) is 3.37. The van der Waals surface area contributed by atoms with Crippen molar-refractivity contribution in [3.8, 4) is 0 Å². The molecule has 1 aromatic rings. The highest BCUT2D eigenvalue weighted by molar-refractivity contribution is 7.11. The highest BCUT2D eigenvalue weighted by atomic mass is 35.5. The number of nitrogens with zero attached hydrogens (tertiary/aromatic N) is 2. The molecule has 23 heavy (non-hydrogen) atoms. The predicted molar refractivity (Wildman–Crippen MR) is 102 cm³/mol. The van der Waals surface area contributed by atoms with Crippen molar-refractivity contribution in [1.82, 2.24) is 20.5 Å². The molecule has 0 spiro atoms. The highest BCUT2D eigenvalue weighted by Gasteiger charge is 2.24. The Balaban J connectivity index is 0.00000242. The lowest BCUT2D eigenvalue weighted by molar-refractivity contribution is 0.0953. The molecule has 1 aliphatic rings. The summed E-state index contributed by atoms with van der Waals surface area (Å²) in [6.07, 6.45) is 0.995. The summed E-state index contributed by atoms with van der Waals surface area (Å²) < 4.78 is 0. The van der Waals surface area contributed by atoms with E-state index >= 15 is 0 Å². The first-order chi connectivity index (χ1) is 9.98. The standard InChI is InChI=1S/C15H26N4OS.2ClH/c1-15(2,3)13-12(21-11-18-13)14(20)17-5-4-8-19-9-6-16-7-10-19;;/h11,16H,4-10H2,1-3H3,(H,17,20);2*1H. The minimum Gasteiger partial charge on any atom is -0.351 e. The number of hydrogen-bond donors (Lipinski definition) is 2. The Morgan fingerprint density at radius 3 is 2.61 bits per heavy atom. The van der Waals surface area contributed by atoms with Crippen LogP contribution in [0, 0.1) is 0 Å². The molecule has 0 atom stereocenters. The van der Waals surface area contributed by atoms with Crippen LogP contribution in [0.2, 0.25) is 0 Å². The number of nitrogens with one attached hydrogen (secondary N) is 2. The van der Waals surface area contributed by atoms with Crippen LogP contribution in [0.15, 0.2) is 5.51 Å². The molecule has 2 rings (SSSR count). The Kier molecular flexibility index (Phi) is 10.3. The van der Waals surface area contributed by atoms with E-state index in [0.29, 0.717) is 0 Å². The average Bonchev–Trinajstić information content (AvgIpc) is 2.94. The molecule has 5 nitrogen and oxygen atoms in total. The molecule has 0 bridgehead atoms. The van der Waals surface area contributed by atoms with Crippen LogP contribution in [0.3, 0.4) is 0 Å². The van der Waals surface area contributed by atoms with E-state index in [1.807, 2.05) is 0 Å². The number of piperazine rings is 1. The number of halogens is 2. The molecule has 1 fully saturated rings. The van der Waals surface area contributed by atoms with E-state index < -0.39 is 0 Å². The molecule has 2 heterocycles. The average molecular weight is 383 g/mol. The Hall–Kier alpha value is -0.400. The molecule has 1 aliphatic heterocycles. The minimum atomic E-state index is -0.0898. The summed E-state index contributed by atoms with van der Waals surface area (Å²) in [4.78, 5) is 19.8. The number of carbonyl (C=O) groups excluding carboxylic acids is 1. The van der Waals surface area contributed by atoms with Gasteiger partial charge in [-0.15, -0.1) is 36.2 Å². The van der Waals surface area contributed by atoms with Crippen molar-refractivity contribution in [2.75, 3.05) is 39.3 Å². The first-order valence-electron chi connectivity index (χ1n) is 7.64. The summed E-state index contributed by atoms with van der Waals surface area (Å²) in [6, 6.07) is 0. The molecule has 2 N–H and O–H groups in total. The summed E-state index contributed by atoms with van der Waals surface area (Å²) in [5, 5.41) is 6.37. The molecule has 0 radical (unpaired) electrons. The van der Waals surface area contributed by atoms with E-state index in [0.717, 1.165) is 56.3 Å². The second-order valence-corrected chi connectivity index (χ2v) is 7.34. The zero-order valence-corrected chi connectivity index (χ0v) is 16.5. The largest absolute Gasteiger partial charge is 0.351 e. The quantitative estimate of drug-likeness (QED) is 0.767. The van der Waals surface area contributed by atoms with Gasteiger partial charge in [-0.3, -0.25) is 4.79 Å². The van der Waals surface area contributed by atoms with Gasteiger partial charge in [-0.25, -0.2) is 4.98 Å². The molecular weight excluding hydrogens is 355 g/mol. The van der Waals surface area contributed by atoms with Crippen LogP contribution in [-0.4, -0.2) is 55.1 Å². The van der Waals surface area contributed by atoms with Crippen LogP contribution in [0.1, 0.15) is 42.6 Å². The van der Waals surface area contributed by atoms with Gasteiger partial charge >= 0.3 is 0 Å². The first kappa shape index (κ1) is 22.6. The fourth-order valence-electron chi connectivity index (χ4n) is 2.46. The van der Waals surface area contributed by atoms with Gasteiger partial charge in [0.05, 0.1) is 11.2 Å². The molecule has 134 valence electrons. The Morgan fingerprint density at radius 2 is 2.00 bits per heavy atom. The highest BCUT2D eigenvalue weighted by Crippen LogP contribution is 2.26. The van der Waals surface area contributed by atoms with Crippen molar-refractivity contribution in [3.63, 3.8) is 0 Å². The van der Waals surface area contributed by atoms with E-state index in [4.69, 9.17) is 0 Å². The number of aromatic nitrogens is 1. The number of hydrogen-bond acceptors (Lipinski definition) is 5. The van der Waals surface area contributed by atoms with E-state index in [1.54, 1.807) is 5.51 Å². The van der Waals surface area contributed by atoms with Crippen molar-refractivity contribution < 1.29 is 4.79 Å². The number of rotatable bonds is 5. The first-order valence-corrected chi connectivity index (χ1v) is 8.51. The Bertz CT molecular complexity index is 470. The summed E-state index contributed by atoms with van der Waals surface area (Å²) in [7, 11) is 0. The molecule has 1 saturated heterocycles. The van der Waals surface area contributed by atoms with E-state index in [2.05, 4.69) is 41.3 Å². The molecular formula is C15H28Cl2N4OS. The topological polar surface area (TPSA) is 57.3 Å². The van der Waals surface area contributed by atoms with Gasteiger partial charge in [0.15, 0.2) is 0 Å². The van der Waals surface area contributed by atoms with Crippen LogP contribution in [0.4, 0.5) is 0 Å². The van der Waals surface area contributed by atoms with Gasteiger partial charge in [0, 0.05) is 38.1 Å². The van der Waals surface area contributed by atoms with Gasteiger partial charge < -0.3 is 15.5 Å². The minimum absolute atomic E-state index is 0. The third kappa shape index (κ3) is 6.93. The van der Waals surface area contributed by atoms with Crippen molar-refractivity contribution in [2.45, 2.75) is 32.6 Å². The zero-order valence-electron chi connectivity index (χ0n) is 14.1. The molecule has 1 aromatic heterocycles. The van der Waals surface area contributed by atoms with Crippen LogP contribution in [0.5, 0.6) is 0 Å². The lowest BCUT2D eigenvalue weighted by Crippen LogP contribution is -2.44. The SMILES string of the molecule is CC(C)(C)c1ncsc1C(=O)NCCCN1CCNCC1.Cl.Cl. The van der Waals surface area contributed by atoms with Gasteiger partial charge in [0.2, 0.25) is 0 Å². The normalized spacial score (nSPS) is 15.4. The Labute approximate surface area is 155 Å². The van der Waals surface area contributed by atoms with E-state index in [1.165, 1.54) is 11.3 Å². The van der Waals surface area contributed by atoms with Gasteiger partial charge in [0.25, 0.3) is 5.91 Å². The van der Waals surface area contributed by atoms with Crippen molar-refractivity contribution >= 4 is 42.1 Å². The maximum Gasteiger partial charge on any atom is 0.263 e. The van der Waals surface area contributed by atoms with Gasteiger partial charge in [-0.05, 0) is 13.0 Å². The van der Waals surface area contributed by atoms with Crippen LogP contribution < -0.4 is 10.6 Å². The molecule has 0 aromatic carbocycles. The van der Waals surface area contributed by atoms with Gasteiger partial charge in [-0.1, -0.05) is 20.8 Å².